The third-order valence-electron chi connectivity index (χ3n) is 5.26. The highest BCUT2D eigenvalue weighted by atomic mass is 16.5. The number of carbonyl (C=O) groups excluding carboxylic acids is 1. The molecule has 160 valence electrons. The molecule has 6 rings (SSSR count). The Hall–Kier alpha value is -4.19. The smallest absolute Gasteiger partial charge is 0.252 e. The van der Waals surface area contributed by atoms with E-state index in [0.717, 1.165) is 29.6 Å². The summed E-state index contributed by atoms with van der Waals surface area (Å²) in [6.07, 6.45) is 3.57. The van der Waals surface area contributed by atoms with E-state index in [1.807, 2.05) is 30.3 Å². The lowest BCUT2D eigenvalue weighted by molar-refractivity contribution is -0.117. The Morgan fingerprint density at radius 1 is 1.22 bits per heavy atom. The summed E-state index contributed by atoms with van der Waals surface area (Å²) in [7, 11) is 0. The molecule has 4 aromatic heterocycles. The maximum atomic E-state index is 12.0. The van der Waals surface area contributed by atoms with Crippen molar-refractivity contribution < 1.29 is 14.4 Å². The van der Waals surface area contributed by atoms with Gasteiger partial charge in [0.15, 0.2) is 11.5 Å². The predicted octanol–water partition coefficient (Wildman–Crippen LogP) is 1.41. The Morgan fingerprint density at radius 2 is 2.12 bits per heavy atom. The summed E-state index contributed by atoms with van der Waals surface area (Å²) in [5.74, 6) is 1.13. The molecule has 1 aliphatic carbocycles. The molecule has 1 aliphatic rings. The molecule has 32 heavy (non-hydrogen) atoms. The molecule has 0 atom stereocenters. The van der Waals surface area contributed by atoms with Gasteiger partial charge in [-0.3, -0.25) is 4.79 Å². The fraction of sp³-hybridized carbons (Fsp3) is 0.250. The minimum absolute atomic E-state index is 0.00577. The zero-order valence-corrected chi connectivity index (χ0v) is 16.7. The van der Waals surface area contributed by atoms with Crippen molar-refractivity contribution in [1.82, 2.24) is 39.7 Å². The van der Waals surface area contributed by atoms with Gasteiger partial charge in [-0.05, 0) is 43.2 Å². The number of anilines is 1. The number of amides is 1. The Labute approximate surface area is 179 Å². The predicted molar refractivity (Wildman–Crippen MR) is 110 cm³/mol. The number of benzene rings is 1. The van der Waals surface area contributed by atoms with Crippen LogP contribution < -0.4 is 5.32 Å². The van der Waals surface area contributed by atoms with E-state index in [1.165, 1.54) is 0 Å². The largest absolute Gasteiger partial charge is 0.387 e. The van der Waals surface area contributed by atoms with Gasteiger partial charge < -0.3 is 14.9 Å². The number of rotatable bonds is 6. The van der Waals surface area contributed by atoms with Crippen molar-refractivity contribution in [3.05, 3.63) is 48.1 Å². The maximum absolute atomic E-state index is 12.0. The number of fused-ring (bicyclic) bond motifs is 2. The van der Waals surface area contributed by atoms with Crippen LogP contribution in [0.15, 0.2) is 41.1 Å². The number of carbonyl (C=O) groups is 1. The van der Waals surface area contributed by atoms with Crippen LogP contribution in [0.25, 0.3) is 28.1 Å². The molecule has 0 saturated heterocycles. The van der Waals surface area contributed by atoms with Crippen molar-refractivity contribution in [3.8, 4) is 11.4 Å². The van der Waals surface area contributed by atoms with Gasteiger partial charge in [0.25, 0.3) is 5.89 Å². The van der Waals surface area contributed by atoms with E-state index in [9.17, 15) is 4.79 Å². The first kappa shape index (κ1) is 18.6. The average molecular weight is 431 g/mol. The van der Waals surface area contributed by atoms with Crippen LogP contribution in [0.4, 0.5) is 5.82 Å². The highest BCUT2D eigenvalue weighted by Crippen LogP contribution is 2.30. The summed E-state index contributed by atoms with van der Waals surface area (Å²) in [5.41, 5.74) is 3.60. The Morgan fingerprint density at radius 3 is 2.94 bits per heavy atom. The molecule has 0 unspecified atom stereocenters. The molecular formula is C20H17N9O3. The van der Waals surface area contributed by atoms with Gasteiger partial charge in [0.1, 0.15) is 12.1 Å². The lowest BCUT2D eigenvalue weighted by Gasteiger charge is -2.03. The zero-order chi connectivity index (χ0) is 21.7. The molecule has 5 aromatic rings. The topological polar surface area (TPSA) is 149 Å². The van der Waals surface area contributed by atoms with E-state index in [1.54, 1.807) is 15.4 Å². The first-order valence-electron chi connectivity index (χ1n) is 10.1. The summed E-state index contributed by atoms with van der Waals surface area (Å²) in [4.78, 5) is 20.5. The standard InChI is InChI=1S/C20H17N9O3/c30-10-18-23-19(26-32-18)12-3-5-14-15(7-12)28(27-24-14)8-13-4-6-17-21-16(9-29(17)25-13)22-20(31)11-1-2-11/h3-7,9,11,30H,1-2,8,10H2,(H,22,31). The molecule has 1 saturated carbocycles. The van der Waals surface area contributed by atoms with Gasteiger partial charge in [0.2, 0.25) is 11.7 Å². The van der Waals surface area contributed by atoms with E-state index >= 15 is 0 Å². The van der Waals surface area contributed by atoms with E-state index in [0.29, 0.717) is 29.4 Å². The molecule has 2 N–H and O–H groups in total. The lowest BCUT2D eigenvalue weighted by atomic mass is 10.2. The van der Waals surface area contributed by atoms with E-state index < -0.39 is 0 Å². The van der Waals surface area contributed by atoms with Gasteiger partial charge in [0, 0.05) is 11.5 Å². The molecule has 12 heteroatoms. The number of imidazole rings is 1. The van der Waals surface area contributed by atoms with Crippen molar-refractivity contribution in [2.45, 2.75) is 26.0 Å². The Bertz CT molecular complexity index is 1460. The van der Waals surface area contributed by atoms with Gasteiger partial charge in [-0.2, -0.15) is 10.1 Å². The van der Waals surface area contributed by atoms with E-state index in [2.05, 4.69) is 35.9 Å². The molecule has 12 nitrogen and oxygen atoms in total. The van der Waals surface area contributed by atoms with Gasteiger partial charge in [0.05, 0.1) is 24.0 Å². The van der Waals surface area contributed by atoms with E-state index in [-0.39, 0.29) is 24.3 Å². The SMILES string of the molecule is O=C(Nc1cn2nc(Cn3nnc4ccc(-c5noc(CO)n5)cc43)ccc2n1)C1CC1. The molecule has 1 amide bonds. The van der Waals surface area contributed by atoms with Crippen LogP contribution >= 0.6 is 0 Å². The van der Waals surface area contributed by atoms with Crippen LogP contribution in [0, 0.1) is 5.92 Å². The Kier molecular flexibility index (Phi) is 4.18. The molecule has 0 spiro atoms. The summed E-state index contributed by atoms with van der Waals surface area (Å²) in [6.45, 7) is 0.0646. The zero-order valence-electron chi connectivity index (χ0n) is 16.7. The number of aliphatic hydroxyl groups is 1. The van der Waals surface area contributed by atoms with Crippen molar-refractivity contribution in [3.63, 3.8) is 0 Å². The second-order valence-corrected chi connectivity index (χ2v) is 7.64. The molecular weight excluding hydrogens is 414 g/mol. The van der Waals surface area contributed by atoms with Gasteiger partial charge in [-0.15, -0.1) is 5.10 Å². The minimum atomic E-state index is -0.316. The maximum Gasteiger partial charge on any atom is 0.252 e. The van der Waals surface area contributed by atoms with Gasteiger partial charge in [-0.1, -0.05) is 10.4 Å². The average Bonchev–Trinajstić information content (AvgIpc) is 3.23. The highest BCUT2D eigenvalue weighted by molar-refractivity contribution is 5.93. The Balaban J connectivity index is 1.28. The summed E-state index contributed by atoms with van der Waals surface area (Å²) >= 11 is 0. The van der Waals surface area contributed by atoms with Crippen molar-refractivity contribution in [1.29, 1.82) is 0 Å². The normalized spacial score (nSPS) is 13.8. The summed E-state index contributed by atoms with van der Waals surface area (Å²) in [5, 5.41) is 28.9. The third-order valence-corrected chi connectivity index (χ3v) is 5.26. The number of nitrogens with zero attached hydrogens (tertiary/aromatic N) is 8. The lowest BCUT2D eigenvalue weighted by Crippen LogP contribution is -2.13. The number of aliphatic hydroxyl groups excluding tert-OH is 1. The quantitative estimate of drug-likeness (QED) is 0.407. The number of hydrogen-bond donors (Lipinski definition) is 2. The van der Waals surface area contributed by atoms with Crippen molar-refractivity contribution in [2.24, 2.45) is 5.92 Å². The number of aromatic nitrogens is 8. The second kappa shape index (κ2) is 7.20. The minimum Gasteiger partial charge on any atom is -0.387 e. The first-order valence-corrected chi connectivity index (χ1v) is 10.1. The van der Waals surface area contributed by atoms with Crippen molar-refractivity contribution in [2.75, 3.05) is 5.32 Å². The molecule has 0 bridgehead atoms. The molecule has 1 aromatic carbocycles. The van der Waals surface area contributed by atoms with Crippen LogP contribution in [0.1, 0.15) is 24.4 Å². The first-order chi connectivity index (χ1) is 15.7. The van der Waals surface area contributed by atoms with Crippen molar-refractivity contribution >= 4 is 28.4 Å². The number of hydrogen-bond acceptors (Lipinski definition) is 9. The van der Waals surface area contributed by atoms with E-state index in [4.69, 9.17) is 9.63 Å². The molecule has 0 aliphatic heterocycles. The van der Waals surface area contributed by atoms with Crippen LogP contribution in [-0.4, -0.2) is 50.7 Å². The second-order valence-electron chi connectivity index (χ2n) is 7.64. The van der Waals surface area contributed by atoms with Crippen LogP contribution in [0.5, 0.6) is 0 Å². The molecule has 4 heterocycles. The number of nitrogens with one attached hydrogen (secondary N) is 1. The summed E-state index contributed by atoms with van der Waals surface area (Å²) < 4.78 is 8.34. The van der Waals surface area contributed by atoms with Crippen LogP contribution in [-0.2, 0) is 17.9 Å². The van der Waals surface area contributed by atoms with Crippen LogP contribution in [0.3, 0.4) is 0 Å². The summed E-state index contributed by atoms with van der Waals surface area (Å²) in [6, 6.07) is 9.21. The fourth-order valence-corrected chi connectivity index (χ4v) is 3.45. The third kappa shape index (κ3) is 3.36. The monoisotopic (exact) mass is 431 g/mol. The highest BCUT2D eigenvalue weighted by Gasteiger charge is 2.30. The molecule has 0 radical (unpaired) electrons. The van der Waals surface area contributed by atoms with Gasteiger partial charge in [-0.25, -0.2) is 14.2 Å². The molecule has 1 fully saturated rings. The van der Waals surface area contributed by atoms with Crippen LogP contribution in [0.2, 0.25) is 0 Å². The fourth-order valence-electron chi connectivity index (χ4n) is 3.45. The van der Waals surface area contributed by atoms with Gasteiger partial charge >= 0.3 is 0 Å².